The monoisotopic (exact) mass is 225 g/mol. The van der Waals surface area contributed by atoms with Crippen LogP contribution in [0.1, 0.15) is 11.1 Å². The quantitative estimate of drug-likeness (QED) is 0.753. The van der Waals surface area contributed by atoms with Crippen LogP contribution in [0.15, 0.2) is 18.2 Å². The maximum absolute atomic E-state index is 9.45. The molecule has 0 fully saturated rings. The molecule has 0 saturated carbocycles. The van der Waals surface area contributed by atoms with Crippen LogP contribution in [0.4, 0.5) is 0 Å². The van der Waals surface area contributed by atoms with Crippen LogP contribution in [0, 0.1) is 6.92 Å². The first-order chi connectivity index (χ1) is 7.67. The van der Waals surface area contributed by atoms with Gasteiger partial charge in [0.05, 0.1) is 6.61 Å². The molecule has 4 heteroatoms. The Labute approximate surface area is 96.0 Å². The van der Waals surface area contributed by atoms with Crippen molar-refractivity contribution >= 4 is 0 Å². The van der Waals surface area contributed by atoms with Gasteiger partial charge in [-0.1, -0.05) is 12.1 Å². The molecule has 16 heavy (non-hydrogen) atoms. The van der Waals surface area contributed by atoms with E-state index in [0.29, 0.717) is 6.54 Å². The van der Waals surface area contributed by atoms with E-state index in [2.05, 4.69) is 0 Å². The molecule has 0 bridgehead atoms. The second kappa shape index (κ2) is 6.48. The van der Waals surface area contributed by atoms with Crippen LogP contribution < -0.4 is 10.5 Å². The first kappa shape index (κ1) is 13.0. The van der Waals surface area contributed by atoms with Gasteiger partial charge in [-0.15, -0.1) is 0 Å². The molecule has 4 nitrogen and oxygen atoms in total. The van der Waals surface area contributed by atoms with E-state index < -0.39 is 6.10 Å². The van der Waals surface area contributed by atoms with E-state index in [1.54, 1.807) is 7.11 Å². The summed E-state index contributed by atoms with van der Waals surface area (Å²) in [6.07, 6.45) is -0.606. The Morgan fingerprint density at radius 1 is 1.38 bits per heavy atom. The van der Waals surface area contributed by atoms with Crippen molar-refractivity contribution in [1.29, 1.82) is 0 Å². The lowest BCUT2D eigenvalue weighted by atomic mass is 10.1. The summed E-state index contributed by atoms with van der Waals surface area (Å²) in [5.74, 6) is 0.762. The van der Waals surface area contributed by atoms with E-state index in [4.69, 9.17) is 15.2 Å². The normalized spacial score (nSPS) is 12.5. The zero-order valence-electron chi connectivity index (χ0n) is 9.77. The number of benzene rings is 1. The third-order valence-electron chi connectivity index (χ3n) is 2.28. The zero-order chi connectivity index (χ0) is 12.0. The molecule has 0 saturated heterocycles. The first-order valence-electron chi connectivity index (χ1n) is 5.26. The third-order valence-corrected chi connectivity index (χ3v) is 2.28. The fraction of sp³-hybridized carbons (Fsp3) is 0.500. The maximum atomic E-state index is 9.45. The number of rotatable bonds is 6. The predicted octanol–water partition coefficient (Wildman–Crippen LogP) is 0.840. The lowest BCUT2D eigenvalue weighted by Gasteiger charge is -2.13. The molecule has 0 aliphatic heterocycles. The molecule has 1 atom stereocenters. The molecule has 1 unspecified atom stereocenters. The van der Waals surface area contributed by atoms with Gasteiger partial charge in [0, 0.05) is 13.7 Å². The molecule has 1 aromatic rings. The van der Waals surface area contributed by atoms with Gasteiger partial charge in [-0.3, -0.25) is 0 Å². The minimum absolute atomic E-state index is 0.225. The van der Waals surface area contributed by atoms with Crippen molar-refractivity contribution < 1.29 is 14.6 Å². The van der Waals surface area contributed by atoms with E-state index in [1.807, 2.05) is 25.1 Å². The SMILES string of the molecule is COCC(O)COc1cc(CN)ccc1C. The number of aliphatic hydroxyl groups is 1. The second-order valence-corrected chi connectivity index (χ2v) is 3.72. The van der Waals surface area contributed by atoms with Gasteiger partial charge in [-0.05, 0) is 24.1 Å². The summed E-state index contributed by atoms with van der Waals surface area (Å²) >= 11 is 0. The Morgan fingerprint density at radius 2 is 2.12 bits per heavy atom. The highest BCUT2D eigenvalue weighted by Crippen LogP contribution is 2.19. The highest BCUT2D eigenvalue weighted by atomic mass is 16.5. The molecular formula is C12H19NO3. The van der Waals surface area contributed by atoms with Crippen LogP contribution in [0.25, 0.3) is 0 Å². The highest BCUT2D eigenvalue weighted by Gasteiger charge is 2.06. The summed E-state index contributed by atoms with van der Waals surface area (Å²) in [7, 11) is 1.55. The van der Waals surface area contributed by atoms with Crippen LogP contribution in [0.3, 0.4) is 0 Å². The van der Waals surface area contributed by atoms with Crippen molar-refractivity contribution in [1.82, 2.24) is 0 Å². The fourth-order valence-corrected chi connectivity index (χ4v) is 1.35. The average molecular weight is 225 g/mol. The minimum atomic E-state index is -0.606. The summed E-state index contributed by atoms with van der Waals surface area (Å²) in [5.41, 5.74) is 7.59. The largest absolute Gasteiger partial charge is 0.491 e. The van der Waals surface area contributed by atoms with Crippen molar-refractivity contribution in [3.63, 3.8) is 0 Å². The Balaban J connectivity index is 2.58. The van der Waals surface area contributed by atoms with Gasteiger partial charge >= 0.3 is 0 Å². The highest BCUT2D eigenvalue weighted by molar-refractivity contribution is 5.36. The number of methoxy groups -OCH3 is 1. The average Bonchev–Trinajstić information content (AvgIpc) is 2.28. The van der Waals surface area contributed by atoms with Gasteiger partial charge < -0.3 is 20.3 Å². The van der Waals surface area contributed by atoms with Gasteiger partial charge in [-0.25, -0.2) is 0 Å². The van der Waals surface area contributed by atoms with Gasteiger partial charge in [0.2, 0.25) is 0 Å². The lowest BCUT2D eigenvalue weighted by molar-refractivity contribution is 0.0324. The molecule has 0 amide bonds. The number of hydrogen-bond donors (Lipinski definition) is 2. The number of aryl methyl sites for hydroxylation is 1. The van der Waals surface area contributed by atoms with Crippen molar-refractivity contribution in [3.05, 3.63) is 29.3 Å². The first-order valence-corrected chi connectivity index (χ1v) is 5.26. The number of aliphatic hydroxyl groups excluding tert-OH is 1. The Bertz CT molecular complexity index is 328. The Hall–Kier alpha value is -1.10. The molecule has 90 valence electrons. The van der Waals surface area contributed by atoms with Gasteiger partial charge in [0.1, 0.15) is 18.5 Å². The van der Waals surface area contributed by atoms with Crippen LogP contribution in [0.5, 0.6) is 5.75 Å². The van der Waals surface area contributed by atoms with E-state index in [0.717, 1.165) is 16.9 Å². The molecule has 0 spiro atoms. The predicted molar refractivity (Wildman–Crippen MR) is 62.4 cm³/mol. The van der Waals surface area contributed by atoms with Crippen molar-refractivity contribution in [3.8, 4) is 5.75 Å². The fourth-order valence-electron chi connectivity index (χ4n) is 1.35. The molecule has 1 aromatic carbocycles. The minimum Gasteiger partial charge on any atom is -0.491 e. The van der Waals surface area contributed by atoms with Gasteiger partial charge in [0.25, 0.3) is 0 Å². The maximum Gasteiger partial charge on any atom is 0.122 e. The molecule has 0 radical (unpaired) electrons. The summed E-state index contributed by atoms with van der Waals surface area (Å²) in [4.78, 5) is 0. The molecule has 0 aromatic heterocycles. The van der Waals surface area contributed by atoms with Gasteiger partial charge in [-0.2, -0.15) is 0 Å². The third kappa shape index (κ3) is 3.81. The molecule has 0 aliphatic carbocycles. The molecule has 0 heterocycles. The molecule has 3 N–H and O–H groups in total. The van der Waals surface area contributed by atoms with E-state index in [9.17, 15) is 5.11 Å². The van der Waals surface area contributed by atoms with Crippen LogP contribution >= 0.6 is 0 Å². The molecular weight excluding hydrogens is 206 g/mol. The van der Waals surface area contributed by atoms with Crippen molar-refractivity contribution in [2.24, 2.45) is 5.73 Å². The lowest BCUT2D eigenvalue weighted by Crippen LogP contribution is -2.22. The topological polar surface area (TPSA) is 64.7 Å². The Kier molecular flexibility index (Phi) is 5.25. The van der Waals surface area contributed by atoms with Crippen LogP contribution in [-0.2, 0) is 11.3 Å². The van der Waals surface area contributed by atoms with E-state index in [1.165, 1.54) is 0 Å². The second-order valence-electron chi connectivity index (χ2n) is 3.72. The van der Waals surface area contributed by atoms with E-state index in [-0.39, 0.29) is 13.2 Å². The summed E-state index contributed by atoms with van der Waals surface area (Å²) in [5, 5.41) is 9.45. The molecule has 1 rings (SSSR count). The van der Waals surface area contributed by atoms with Crippen LogP contribution in [-0.4, -0.2) is 31.5 Å². The summed E-state index contributed by atoms with van der Waals surface area (Å²) in [6.45, 7) is 2.94. The Morgan fingerprint density at radius 3 is 2.75 bits per heavy atom. The van der Waals surface area contributed by atoms with E-state index >= 15 is 0 Å². The number of nitrogens with two attached hydrogens (primary N) is 1. The summed E-state index contributed by atoms with van der Waals surface area (Å²) in [6, 6.07) is 5.82. The number of ether oxygens (including phenoxy) is 2. The van der Waals surface area contributed by atoms with Crippen molar-refractivity contribution in [2.45, 2.75) is 19.6 Å². The molecule has 0 aliphatic rings. The summed E-state index contributed by atoms with van der Waals surface area (Å²) < 4.78 is 10.3. The van der Waals surface area contributed by atoms with Crippen LogP contribution in [0.2, 0.25) is 0 Å². The smallest absolute Gasteiger partial charge is 0.122 e. The van der Waals surface area contributed by atoms with Crippen molar-refractivity contribution in [2.75, 3.05) is 20.3 Å². The van der Waals surface area contributed by atoms with Gasteiger partial charge in [0.15, 0.2) is 0 Å². The number of hydrogen-bond acceptors (Lipinski definition) is 4. The standard InChI is InChI=1S/C12H19NO3/c1-9-3-4-10(6-13)5-12(9)16-8-11(14)7-15-2/h3-5,11,14H,6-8,13H2,1-2H3. The zero-order valence-corrected chi connectivity index (χ0v) is 9.77.